The minimum atomic E-state index is -4.81. The third kappa shape index (κ3) is 8.00. The lowest BCUT2D eigenvalue weighted by Crippen LogP contribution is -2.30. The molecule has 0 heterocycles. The van der Waals surface area contributed by atoms with E-state index in [1.807, 2.05) is 0 Å². The zero-order valence-corrected chi connectivity index (χ0v) is 16.1. The molecule has 29 heavy (non-hydrogen) atoms. The summed E-state index contributed by atoms with van der Waals surface area (Å²) < 4.78 is 41.4. The number of hydrogen-bond donors (Lipinski definition) is 3. The number of carbonyl (C=O) groups excluding carboxylic acids is 2. The number of rotatable bonds is 8. The van der Waals surface area contributed by atoms with Crippen molar-refractivity contribution in [1.82, 2.24) is 5.32 Å². The quantitative estimate of drug-likeness (QED) is 0.598. The molecule has 0 aliphatic heterocycles. The van der Waals surface area contributed by atoms with Gasteiger partial charge in [0.15, 0.2) is 0 Å². The SMILES string of the molecule is Cl.NCCNC(=O)c1ccccc1NC(=O)CCc1ccccc1OC(F)(F)F. The van der Waals surface area contributed by atoms with Crippen molar-refractivity contribution in [2.45, 2.75) is 19.2 Å². The molecule has 0 atom stereocenters. The third-order valence-electron chi connectivity index (χ3n) is 3.70. The Labute approximate surface area is 172 Å². The fourth-order valence-electron chi connectivity index (χ4n) is 2.47. The Kier molecular flexibility index (Phi) is 9.43. The minimum Gasteiger partial charge on any atom is -0.406 e. The highest BCUT2D eigenvalue weighted by Crippen LogP contribution is 2.27. The molecule has 0 aliphatic rings. The van der Waals surface area contributed by atoms with Gasteiger partial charge in [0, 0.05) is 19.5 Å². The molecule has 0 radical (unpaired) electrons. The van der Waals surface area contributed by atoms with Gasteiger partial charge in [-0.15, -0.1) is 25.6 Å². The number of hydrogen-bond acceptors (Lipinski definition) is 4. The first kappa shape index (κ1) is 24.3. The van der Waals surface area contributed by atoms with E-state index in [1.54, 1.807) is 30.3 Å². The van der Waals surface area contributed by atoms with Crippen LogP contribution >= 0.6 is 12.4 Å². The average molecular weight is 432 g/mol. The molecule has 2 amide bonds. The van der Waals surface area contributed by atoms with Crippen LogP contribution in [-0.2, 0) is 11.2 Å². The molecule has 0 aromatic heterocycles. The van der Waals surface area contributed by atoms with Gasteiger partial charge in [-0.1, -0.05) is 30.3 Å². The van der Waals surface area contributed by atoms with Crippen molar-refractivity contribution < 1.29 is 27.5 Å². The molecule has 6 nitrogen and oxygen atoms in total. The summed E-state index contributed by atoms with van der Waals surface area (Å²) in [4.78, 5) is 24.4. The van der Waals surface area contributed by atoms with Gasteiger partial charge in [-0.05, 0) is 30.2 Å². The van der Waals surface area contributed by atoms with Crippen LogP contribution in [0, 0.1) is 0 Å². The van der Waals surface area contributed by atoms with E-state index in [2.05, 4.69) is 15.4 Å². The van der Waals surface area contributed by atoms with Gasteiger partial charge in [-0.2, -0.15) is 0 Å². The maximum Gasteiger partial charge on any atom is 0.573 e. The first-order chi connectivity index (χ1) is 13.3. The van der Waals surface area contributed by atoms with E-state index in [9.17, 15) is 22.8 Å². The molecule has 10 heteroatoms. The predicted octanol–water partition coefficient (Wildman–Crippen LogP) is 3.27. The van der Waals surface area contributed by atoms with Gasteiger partial charge >= 0.3 is 6.36 Å². The molecular formula is C19H21ClF3N3O3. The highest BCUT2D eigenvalue weighted by Gasteiger charge is 2.32. The minimum absolute atomic E-state index is 0. The van der Waals surface area contributed by atoms with Crippen LogP contribution in [0.15, 0.2) is 48.5 Å². The summed E-state index contributed by atoms with van der Waals surface area (Å²) in [7, 11) is 0. The van der Waals surface area contributed by atoms with E-state index in [-0.39, 0.29) is 61.1 Å². The normalized spacial score (nSPS) is 10.6. The molecule has 0 bridgehead atoms. The van der Waals surface area contributed by atoms with Crippen molar-refractivity contribution >= 4 is 29.9 Å². The Morgan fingerprint density at radius 2 is 1.69 bits per heavy atom. The Balaban J connectivity index is 0.00000420. The standard InChI is InChI=1S/C19H20F3N3O3.ClH/c20-19(21,22)28-16-8-4-1-5-13(16)9-10-17(26)25-15-7-3-2-6-14(15)18(27)24-12-11-23;/h1-8H,9-12,23H2,(H,24,27)(H,25,26);1H. The third-order valence-corrected chi connectivity index (χ3v) is 3.70. The molecule has 2 aromatic carbocycles. The van der Waals surface area contributed by atoms with Crippen LogP contribution in [0.25, 0.3) is 0 Å². The summed E-state index contributed by atoms with van der Waals surface area (Å²) in [5.74, 6) is -1.17. The fraction of sp³-hybridized carbons (Fsp3) is 0.263. The van der Waals surface area contributed by atoms with Gasteiger partial charge in [0.1, 0.15) is 5.75 Å². The number of anilines is 1. The van der Waals surface area contributed by atoms with Gasteiger partial charge in [-0.3, -0.25) is 9.59 Å². The molecule has 0 saturated carbocycles. The van der Waals surface area contributed by atoms with Gasteiger partial charge in [0.2, 0.25) is 5.91 Å². The molecule has 4 N–H and O–H groups in total. The lowest BCUT2D eigenvalue weighted by Gasteiger charge is -2.14. The number of aryl methyl sites for hydroxylation is 1. The fourth-order valence-corrected chi connectivity index (χ4v) is 2.47. The average Bonchev–Trinajstić information content (AvgIpc) is 2.64. The summed E-state index contributed by atoms with van der Waals surface area (Å²) in [6.45, 7) is 0.566. The molecule has 158 valence electrons. The number of amides is 2. The van der Waals surface area contributed by atoms with E-state index < -0.39 is 12.3 Å². The van der Waals surface area contributed by atoms with Gasteiger partial charge in [0.05, 0.1) is 11.3 Å². The second kappa shape index (κ2) is 11.3. The number of alkyl halides is 3. The summed E-state index contributed by atoms with van der Waals surface area (Å²) in [5.41, 5.74) is 6.18. The van der Waals surface area contributed by atoms with E-state index in [4.69, 9.17) is 5.73 Å². The number of ether oxygens (including phenoxy) is 1. The Bertz CT molecular complexity index is 832. The molecular weight excluding hydrogens is 411 g/mol. The number of nitrogens with two attached hydrogens (primary N) is 1. The zero-order valence-electron chi connectivity index (χ0n) is 15.3. The summed E-state index contributed by atoms with van der Waals surface area (Å²) >= 11 is 0. The van der Waals surface area contributed by atoms with Crippen molar-refractivity contribution in [1.29, 1.82) is 0 Å². The molecule has 0 unspecified atom stereocenters. The highest BCUT2D eigenvalue weighted by atomic mass is 35.5. The zero-order chi connectivity index (χ0) is 20.6. The Morgan fingerprint density at radius 3 is 2.38 bits per heavy atom. The lowest BCUT2D eigenvalue weighted by molar-refractivity contribution is -0.274. The smallest absolute Gasteiger partial charge is 0.406 e. The van der Waals surface area contributed by atoms with Crippen LogP contribution < -0.4 is 21.1 Å². The van der Waals surface area contributed by atoms with Crippen LogP contribution in [0.4, 0.5) is 18.9 Å². The lowest BCUT2D eigenvalue weighted by atomic mass is 10.1. The first-order valence-corrected chi connectivity index (χ1v) is 8.51. The van der Waals surface area contributed by atoms with E-state index >= 15 is 0 Å². The summed E-state index contributed by atoms with van der Waals surface area (Å²) in [6.07, 6.45) is -4.86. The van der Waals surface area contributed by atoms with Crippen molar-refractivity contribution in [3.63, 3.8) is 0 Å². The van der Waals surface area contributed by atoms with Crippen molar-refractivity contribution in [3.8, 4) is 5.75 Å². The van der Waals surface area contributed by atoms with Gasteiger partial charge in [0.25, 0.3) is 5.91 Å². The largest absolute Gasteiger partial charge is 0.573 e. The predicted molar refractivity (Wildman–Crippen MR) is 105 cm³/mol. The number of para-hydroxylation sites is 2. The van der Waals surface area contributed by atoms with Crippen LogP contribution in [0.5, 0.6) is 5.75 Å². The van der Waals surface area contributed by atoms with Crippen LogP contribution in [0.3, 0.4) is 0 Å². The second-order valence-corrected chi connectivity index (χ2v) is 5.79. The van der Waals surface area contributed by atoms with E-state index in [0.717, 1.165) is 0 Å². The van der Waals surface area contributed by atoms with Crippen LogP contribution in [-0.4, -0.2) is 31.3 Å². The van der Waals surface area contributed by atoms with E-state index in [1.165, 1.54) is 18.2 Å². The number of nitrogens with one attached hydrogen (secondary N) is 2. The molecule has 2 rings (SSSR count). The van der Waals surface area contributed by atoms with Crippen molar-refractivity contribution in [2.75, 3.05) is 18.4 Å². The molecule has 0 spiro atoms. The summed E-state index contributed by atoms with van der Waals surface area (Å²) in [5, 5.41) is 5.22. The van der Waals surface area contributed by atoms with Crippen molar-refractivity contribution in [2.24, 2.45) is 5.73 Å². The van der Waals surface area contributed by atoms with E-state index in [0.29, 0.717) is 5.69 Å². The highest BCUT2D eigenvalue weighted by molar-refractivity contribution is 6.03. The molecule has 0 aliphatic carbocycles. The summed E-state index contributed by atoms with van der Waals surface area (Å²) in [6, 6.07) is 12.1. The molecule has 2 aromatic rings. The first-order valence-electron chi connectivity index (χ1n) is 8.51. The second-order valence-electron chi connectivity index (χ2n) is 5.79. The van der Waals surface area contributed by atoms with Crippen LogP contribution in [0.1, 0.15) is 22.3 Å². The van der Waals surface area contributed by atoms with Gasteiger partial charge < -0.3 is 21.1 Å². The van der Waals surface area contributed by atoms with Gasteiger partial charge in [-0.25, -0.2) is 0 Å². The molecule has 0 saturated heterocycles. The topological polar surface area (TPSA) is 93.5 Å². The maximum absolute atomic E-state index is 12.5. The number of halogens is 4. The van der Waals surface area contributed by atoms with Crippen LogP contribution in [0.2, 0.25) is 0 Å². The number of carbonyl (C=O) groups is 2. The Hall–Kier alpha value is -2.78. The number of benzene rings is 2. The van der Waals surface area contributed by atoms with Crippen molar-refractivity contribution in [3.05, 3.63) is 59.7 Å². The maximum atomic E-state index is 12.5. The monoisotopic (exact) mass is 431 g/mol. The molecule has 0 fully saturated rings. The Morgan fingerprint density at radius 1 is 1.03 bits per heavy atom.